The Morgan fingerprint density at radius 2 is 2.11 bits per heavy atom. The van der Waals surface area contributed by atoms with Crippen LogP contribution in [0.15, 0.2) is 47.7 Å². The van der Waals surface area contributed by atoms with Gasteiger partial charge in [-0.1, -0.05) is 29.8 Å². The first kappa shape index (κ1) is 13.0. The predicted molar refractivity (Wildman–Crippen MR) is 73.6 cm³/mol. The van der Waals surface area contributed by atoms with E-state index in [0.29, 0.717) is 10.8 Å². The molecule has 1 aromatic carbocycles. The van der Waals surface area contributed by atoms with Gasteiger partial charge in [0.25, 0.3) is 5.69 Å². The first-order valence-electron chi connectivity index (χ1n) is 5.31. The summed E-state index contributed by atoms with van der Waals surface area (Å²) in [5.41, 5.74) is 3.36. The van der Waals surface area contributed by atoms with Crippen LogP contribution >= 0.6 is 11.6 Å². The van der Waals surface area contributed by atoms with Crippen LogP contribution in [-0.4, -0.2) is 16.1 Å². The molecule has 0 saturated carbocycles. The van der Waals surface area contributed by atoms with Gasteiger partial charge in [-0.05, 0) is 12.1 Å². The molecule has 96 valence electrons. The summed E-state index contributed by atoms with van der Waals surface area (Å²) >= 11 is 5.95. The topological polar surface area (TPSA) is 80.4 Å². The Labute approximate surface area is 113 Å². The van der Waals surface area contributed by atoms with E-state index in [4.69, 9.17) is 11.6 Å². The van der Waals surface area contributed by atoms with Crippen molar-refractivity contribution in [2.45, 2.75) is 0 Å². The summed E-state index contributed by atoms with van der Waals surface area (Å²) in [7, 11) is 0. The van der Waals surface area contributed by atoms with Crippen LogP contribution in [0.4, 0.5) is 11.5 Å². The second-order valence-corrected chi connectivity index (χ2v) is 3.96. The van der Waals surface area contributed by atoms with Gasteiger partial charge in [0.15, 0.2) is 0 Å². The van der Waals surface area contributed by atoms with Gasteiger partial charge in [0.2, 0.25) is 0 Å². The fourth-order valence-corrected chi connectivity index (χ4v) is 1.49. The summed E-state index contributed by atoms with van der Waals surface area (Å²) in [6, 6.07) is 10.1. The predicted octanol–water partition coefficient (Wildman–Crippen LogP) is 3.09. The molecule has 0 atom stereocenters. The number of nitrogens with zero attached hydrogens (tertiary/aromatic N) is 3. The fraction of sp³-hybridized carbons (Fsp3) is 0. The monoisotopic (exact) mass is 276 g/mol. The van der Waals surface area contributed by atoms with Crippen molar-refractivity contribution >= 4 is 29.3 Å². The first-order chi connectivity index (χ1) is 9.16. The molecule has 0 bridgehead atoms. The third-order valence-corrected chi connectivity index (χ3v) is 2.59. The Hall–Kier alpha value is -2.47. The second-order valence-electron chi connectivity index (χ2n) is 3.55. The SMILES string of the molecule is O=[N+]([O-])c1ccc(N/N=C/c2ccccc2Cl)nc1. The Balaban J connectivity index is 2.03. The van der Waals surface area contributed by atoms with E-state index >= 15 is 0 Å². The number of benzene rings is 1. The highest BCUT2D eigenvalue weighted by atomic mass is 35.5. The van der Waals surface area contributed by atoms with E-state index in [9.17, 15) is 10.1 Å². The summed E-state index contributed by atoms with van der Waals surface area (Å²) in [6.07, 6.45) is 2.71. The van der Waals surface area contributed by atoms with Crippen molar-refractivity contribution in [3.63, 3.8) is 0 Å². The van der Waals surface area contributed by atoms with E-state index in [1.807, 2.05) is 18.2 Å². The van der Waals surface area contributed by atoms with E-state index in [2.05, 4.69) is 15.5 Å². The third kappa shape index (κ3) is 3.49. The lowest BCUT2D eigenvalue weighted by Gasteiger charge is -1.99. The summed E-state index contributed by atoms with van der Waals surface area (Å²) < 4.78 is 0. The molecule has 19 heavy (non-hydrogen) atoms. The van der Waals surface area contributed by atoms with Crippen molar-refractivity contribution in [1.29, 1.82) is 0 Å². The van der Waals surface area contributed by atoms with Gasteiger partial charge in [-0.25, -0.2) is 4.98 Å². The lowest BCUT2D eigenvalue weighted by atomic mass is 10.2. The molecule has 2 aromatic rings. The molecule has 0 amide bonds. The molecule has 6 nitrogen and oxygen atoms in total. The van der Waals surface area contributed by atoms with Gasteiger partial charge in [-0.3, -0.25) is 15.5 Å². The maximum absolute atomic E-state index is 10.4. The highest BCUT2D eigenvalue weighted by Gasteiger charge is 2.04. The number of anilines is 1. The Morgan fingerprint density at radius 1 is 1.32 bits per heavy atom. The van der Waals surface area contributed by atoms with Gasteiger partial charge in [-0.15, -0.1) is 0 Å². The quantitative estimate of drug-likeness (QED) is 0.528. The van der Waals surface area contributed by atoms with Gasteiger partial charge in [0.1, 0.15) is 12.0 Å². The molecule has 0 unspecified atom stereocenters. The maximum Gasteiger partial charge on any atom is 0.287 e. The van der Waals surface area contributed by atoms with Crippen LogP contribution in [0.25, 0.3) is 0 Å². The molecular weight excluding hydrogens is 268 g/mol. The number of nitro groups is 1. The van der Waals surface area contributed by atoms with Gasteiger partial charge >= 0.3 is 0 Å². The zero-order valence-corrected chi connectivity index (χ0v) is 10.4. The molecule has 1 aromatic heterocycles. The Morgan fingerprint density at radius 3 is 2.74 bits per heavy atom. The van der Waals surface area contributed by atoms with Crippen molar-refractivity contribution in [3.8, 4) is 0 Å². The summed E-state index contributed by atoms with van der Waals surface area (Å²) in [4.78, 5) is 13.8. The molecule has 7 heteroatoms. The Kier molecular flexibility index (Phi) is 4.04. The molecule has 1 N–H and O–H groups in total. The first-order valence-corrected chi connectivity index (χ1v) is 5.68. The van der Waals surface area contributed by atoms with Crippen LogP contribution in [0.5, 0.6) is 0 Å². The number of hydrogen-bond acceptors (Lipinski definition) is 5. The molecule has 0 spiro atoms. The number of halogens is 1. The standard InChI is InChI=1S/C12H9ClN4O2/c13-11-4-2-1-3-9(11)7-15-16-12-6-5-10(8-14-12)17(18)19/h1-8H,(H,14,16)/b15-7+. The molecule has 0 radical (unpaired) electrons. The number of aromatic nitrogens is 1. The minimum atomic E-state index is -0.510. The van der Waals surface area contributed by atoms with Crippen LogP contribution < -0.4 is 5.43 Å². The molecule has 0 aliphatic rings. The molecule has 0 aliphatic heterocycles. The van der Waals surface area contributed by atoms with Crippen LogP contribution in [-0.2, 0) is 0 Å². The minimum absolute atomic E-state index is 0.0689. The summed E-state index contributed by atoms with van der Waals surface area (Å²) in [6.45, 7) is 0. The van der Waals surface area contributed by atoms with Crippen LogP contribution in [0.1, 0.15) is 5.56 Å². The lowest BCUT2D eigenvalue weighted by molar-refractivity contribution is -0.385. The van der Waals surface area contributed by atoms with Crippen molar-refractivity contribution in [2.24, 2.45) is 5.10 Å². The summed E-state index contributed by atoms with van der Waals surface area (Å²) in [5, 5.41) is 15.0. The fourth-order valence-electron chi connectivity index (χ4n) is 1.31. The largest absolute Gasteiger partial charge is 0.287 e. The summed E-state index contributed by atoms with van der Waals surface area (Å²) in [5.74, 6) is 0.411. The minimum Gasteiger partial charge on any atom is -0.261 e. The average Bonchev–Trinajstić information content (AvgIpc) is 2.41. The molecule has 0 saturated heterocycles. The van der Waals surface area contributed by atoms with Crippen molar-refractivity contribution < 1.29 is 4.92 Å². The lowest BCUT2D eigenvalue weighted by Crippen LogP contribution is -1.95. The van der Waals surface area contributed by atoms with E-state index in [1.54, 1.807) is 12.3 Å². The van der Waals surface area contributed by atoms with Gasteiger partial charge in [0, 0.05) is 16.7 Å². The third-order valence-electron chi connectivity index (χ3n) is 2.25. The van der Waals surface area contributed by atoms with E-state index in [1.165, 1.54) is 12.1 Å². The zero-order chi connectivity index (χ0) is 13.7. The van der Waals surface area contributed by atoms with Crippen molar-refractivity contribution in [1.82, 2.24) is 4.98 Å². The maximum atomic E-state index is 10.4. The zero-order valence-electron chi connectivity index (χ0n) is 9.65. The molecule has 1 heterocycles. The number of hydrazone groups is 1. The van der Waals surface area contributed by atoms with Crippen LogP contribution in [0.3, 0.4) is 0 Å². The smallest absolute Gasteiger partial charge is 0.261 e. The van der Waals surface area contributed by atoms with Crippen LogP contribution in [0, 0.1) is 10.1 Å². The molecule has 2 rings (SSSR count). The number of pyridine rings is 1. The highest BCUT2D eigenvalue weighted by molar-refractivity contribution is 6.33. The highest BCUT2D eigenvalue weighted by Crippen LogP contribution is 2.13. The van der Waals surface area contributed by atoms with Crippen molar-refractivity contribution in [2.75, 3.05) is 5.43 Å². The van der Waals surface area contributed by atoms with E-state index in [0.717, 1.165) is 11.8 Å². The molecule has 0 aliphatic carbocycles. The van der Waals surface area contributed by atoms with Gasteiger partial charge < -0.3 is 0 Å². The van der Waals surface area contributed by atoms with Gasteiger partial charge in [-0.2, -0.15) is 5.10 Å². The molecule has 0 fully saturated rings. The van der Waals surface area contributed by atoms with E-state index in [-0.39, 0.29) is 5.69 Å². The number of hydrogen-bond donors (Lipinski definition) is 1. The normalized spacial score (nSPS) is 10.6. The van der Waals surface area contributed by atoms with E-state index < -0.39 is 4.92 Å². The number of rotatable bonds is 4. The van der Waals surface area contributed by atoms with Crippen molar-refractivity contribution in [3.05, 3.63) is 63.3 Å². The van der Waals surface area contributed by atoms with Crippen LogP contribution in [0.2, 0.25) is 5.02 Å². The van der Waals surface area contributed by atoms with Gasteiger partial charge in [0.05, 0.1) is 11.1 Å². The average molecular weight is 277 g/mol. The second kappa shape index (κ2) is 5.92. The molecular formula is C12H9ClN4O2. The Bertz CT molecular complexity index is 613. The number of nitrogens with one attached hydrogen (secondary N) is 1.